The van der Waals surface area contributed by atoms with Gasteiger partial charge in [-0.15, -0.1) is 0 Å². The van der Waals surface area contributed by atoms with E-state index in [0.717, 1.165) is 0 Å². The SMILES string of the molecule is N#Cc1c(-c2ccco2)cc(-c2ccco2)c(C#N)c1N. The number of anilines is 1. The van der Waals surface area contributed by atoms with Crippen LogP contribution >= 0.6 is 0 Å². The molecule has 0 amide bonds. The van der Waals surface area contributed by atoms with Crippen LogP contribution in [0.15, 0.2) is 51.7 Å². The second kappa shape index (κ2) is 4.92. The van der Waals surface area contributed by atoms with Crippen LogP contribution in [0.3, 0.4) is 0 Å². The van der Waals surface area contributed by atoms with E-state index in [4.69, 9.17) is 14.6 Å². The fraction of sp³-hybridized carbons (Fsp3) is 0. The highest BCUT2D eigenvalue weighted by molar-refractivity contribution is 5.86. The van der Waals surface area contributed by atoms with Gasteiger partial charge < -0.3 is 14.6 Å². The molecule has 0 aliphatic rings. The molecule has 0 spiro atoms. The fourth-order valence-corrected chi connectivity index (χ4v) is 2.20. The summed E-state index contributed by atoms with van der Waals surface area (Å²) in [7, 11) is 0. The maximum atomic E-state index is 9.33. The summed E-state index contributed by atoms with van der Waals surface area (Å²) in [5.41, 5.74) is 7.62. The predicted octanol–water partition coefficient (Wildman–Crippen LogP) is 3.53. The van der Waals surface area contributed by atoms with Crippen molar-refractivity contribution in [2.75, 3.05) is 5.73 Å². The number of nitriles is 2. The lowest BCUT2D eigenvalue weighted by molar-refractivity contribution is 0.580. The van der Waals surface area contributed by atoms with Crippen molar-refractivity contribution in [2.45, 2.75) is 0 Å². The topological polar surface area (TPSA) is 99.9 Å². The summed E-state index contributed by atoms with van der Waals surface area (Å²) in [5.74, 6) is 1.02. The number of nitrogen functional groups attached to an aromatic ring is 1. The minimum atomic E-state index is 0.125. The van der Waals surface area contributed by atoms with Crippen LogP contribution in [0.5, 0.6) is 0 Å². The summed E-state index contributed by atoms with van der Waals surface area (Å²) in [6.07, 6.45) is 3.02. The minimum absolute atomic E-state index is 0.125. The number of benzene rings is 1. The zero-order chi connectivity index (χ0) is 14.8. The Hall–Kier alpha value is -3.44. The molecular weight excluding hydrogens is 266 g/mol. The van der Waals surface area contributed by atoms with Crippen LogP contribution in [0.25, 0.3) is 22.6 Å². The summed E-state index contributed by atoms with van der Waals surface area (Å²) in [6.45, 7) is 0. The van der Waals surface area contributed by atoms with E-state index in [-0.39, 0.29) is 16.8 Å². The highest BCUT2D eigenvalue weighted by atomic mass is 16.3. The Bertz CT molecular complexity index is 793. The zero-order valence-corrected chi connectivity index (χ0v) is 10.8. The van der Waals surface area contributed by atoms with Gasteiger partial charge in [0.15, 0.2) is 0 Å². The number of rotatable bonds is 2. The van der Waals surface area contributed by atoms with E-state index in [9.17, 15) is 10.5 Å². The predicted molar refractivity (Wildman–Crippen MR) is 75.7 cm³/mol. The third kappa shape index (κ3) is 1.94. The van der Waals surface area contributed by atoms with Crippen LogP contribution < -0.4 is 5.73 Å². The smallest absolute Gasteiger partial charge is 0.135 e. The van der Waals surface area contributed by atoms with Crippen LogP contribution in [-0.2, 0) is 0 Å². The summed E-state index contributed by atoms with van der Waals surface area (Å²) in [6, 6.07) is 12.6. The Kier molecular flexibility index (Phi) is 2.95. The molecule has 0 atom stereocenters. The molecule has 0 aliphatic heterocycles. The second-order valence-electron chi connectivity index (χ2n) is 4.31. The summed E-state index contributed by atoms with van der Waals surface area (Å²) < 4.78 is 10.7. The van der Waals surface area contributed by atoms with E-state index in [2.05, 4.69) is 0 Å². The third-order valence-electron chi connectivity index (χ3n) is 3.16. The molecule has 5 heteroatoms. The van der Waals surface area contributed by atoms with E-state index in [1.807, 2.05) is 12.1 Å². The normalized spacial score (nSPS) is 10.0. The van der Waals surface area contributed by atoms with Gasteiger partial charge in [-0.1, -0.05) is 0 Å². The molecule has 0 radical (unpaired) electrons. The lowest BCUT2D eigenvalue weighted by atomic mass is 9.94. The van der Waals surface area contributed by atoms with Gasteiger partial charge in [-0.2, -0.15) is 10.5 Å². The van der Waals surface area contributed by atoms with E-state index in [0.29, 0.717) is 22.6 Å². The van der Waals surface area contributed by atoms with Crippen LogP contribution in [0.4, 0.5) is 5.69 Å². The second-order valence-corrected chi connectivity index (χ2v) is 4.31. The van der Waals surface area contributed by atoms with Crippen molar-refractivity contribution < 1.29 is 8.83 Å². The summed E-state index contributed by atoms with van der Waals surface area (Å²) in [5, 5.41) is 18.7. The van der Waals surface area contributed by atoms with Gasteiger partial charge in [0, 0.05) is 11.1 Å². The number of hydrogen-bond donors (Lipinski definition) is 1. The number of nitrogens with two attached hydrogens (primary N) is 1. The van der Waals surface area contributed by atoms with E-state index in [1.165, 1.54) is 12.5 Å². The molecule has 3 rings (SSSR count). The number of hydrogen-bond acceptors (Lipinski definition) is 5. The van der Waals surface area contributed by atoms with Gasteiger partial charge in [0.2, 0.25) is 0 Å². The fourth-order valence-electron chi connectivity index (χ4n) is 2.20. The monoisotopic (exact) mass is 275 g/mol. The molecule has 3 aromatic rings. The van der Waals surface area contributed by atoms with Gasteiger partial charge in [0.25, 0.3) is 0 Å². The average Bonchev–Trinajstić information content (AvgIpc) is 3.19. The first-order valence-electron chi connectivity index (χ1n) is 6.10. The first-order chi connectivity index (χ1) is 10.3. The van der Waals surface area contributed by atoms with Crippen molar-refractivity contribution in [3.8, 4) is 34.8 Å². The van der Waals surface area contributed by atoms with E-state index < -0.39 is 0 Å². The van der Waals surface area contributed by atoms with Crippen LogP contribution in [0.2, 0.25) is 0 Å². The molecule has 1 aromatic carbocycles. The molecule has 0 saturated heterocycles. The zero-order valence-electron chi connectivity index (χ0n) is 10.8. The maximum absolute atomic E-state index is 9.33. The Balaban J connectivity index is 2.37. The minimum Gasteiger partial charge on any atom is -0.464 e. The molecule has 0 aliphatic carbocycles. The van der Waals surface area contributed by atoms with E-state index >= 15 is 0 Å². The van der Waals surface area contributed by atoms with Crippen molar-refractivity contribution in [3.63, 3.8) is 0 Å². The van der Waals surface area contributed by atoms with Gasteiger partial charge in [-0.05, 0) is 30.3 Å². The van der Waals surface area contributed by atoms with Gasteiger partial charge in [0.05, 0.1) is 29.3 Å². The highest BCUT2D eigenvalue weighted by Gasteiger charge is 2.20. The molecule has 5 nitrogen and oxygen atoms in total. The van der Waals surface area contributed by atoms with Crippen molar-refractivity contribution >= 4 is 5.69 Å². The van der Waals surface area contributed by atoms with Crippen molar-refractivity contribution in [1.29, 1.82) is 10.5 Å². The molecule has 0 saturated carbocycles. The molecule has 100 valence electrons. The van der Waals surface area contributed by atoms with Crippen LogP contribution in [0, 0.1) is 22.7 Å². The lowest BCUT2D eigenvalue weighted by Gasteiger charge is -2.10. The Labute approximate surface area is 120 Å². The maximum Gasteiger partial charge on any atom is 0.135 e. The van der Waals surface area contributed by atoms with Gasteiger partial charge in [-0.3, -0.25) is 0 Å². The first-order valence-corrected chi connectivity index (χ1v) is 6.10. The van der Waals surface area contributed by atoms with Gasteiger partial charge >= 0.3 is 0 Å². The molecular formula is C16H9N3O2. The quantitative estimate of drug-likeness (QED) is 0.721. The third-order valence-corrected chi connectivity index (χ3v) is 3.16. The molecule has 2 heterocycles. The Morgan fingerprint density at radius 2 is 1.33 bits per heavy atom. The Morgan fingerprint density at radius 3 is 1.67 bits per heavy atom. The number of nitrogens with zero attached hydrogens (tertiary/aromatic N) is 2. The highest BCUT2D eigenvalue weighted by Crippen LogP contribution is 2.37. The Morgan fingerprint density at radius 1 is 0.857 bits per heavy atom. The van der Waals surface area contributed by atoms with Crippen molar-refractivity contribution in [2.24, 2.45) is 0 Å². The van der Waals surface area contributed by atoms with Crippen molar-refractivity contribution in [1.82, 2.24) is 0 Å². The first kappa shape index (κ1) is 12.6. The van der Waals surface area contributed by atoms with Crippen LogP contribution in [-0.4, -0.2) is 0 Å². The molecule has 2 aromatic heterocycles. The summed E-state index contributed by atoms with van der Waals surface area (Å²) >= 11 is 0. The van der Waals surface area contributed by atoms with E-state index in [1.54, 1.807) is 30.3 Å². The van der Waals surface area contributed by atoms with Crippen molar-refractivity contribution in [3.05, 3.63) is 54.0 Å². The van der Waals surface area contributed by atoms with Gasteiger partial charge in [0.1, 0.15) is 23.7 Å². The molecule has 21 heavy (non-hydrogen) atoms. The molecule has 2 N–H and O–H groups in total. The average molecular weight is 275 g/mol. The molecule has 0 fully saturated rings. The van der Waals surface area contributed by atoms with Crippen LogP contribution in [0.1, 0.15) is 11.1 Å². The standard InChI is InChI=1S/C16H9N3O2/c17-8-12-10(14-3-1-5-20-14)7-11(13(9-18)16(12)19)15-4-2-6-21-15/h1-7H,19H2. The molecule has 0 unspecified atom stereocenters. The largest absolute Gasteiger partial charge is 0.464 e. The summed E-state index contributed by atoms with van der Waals surface area (Å²) in [4.78, 5) is 0. The van der Waals surface area contributed by atoms with Gasteiger partial charge in [-0.25, -0.2) is 0 Å². The molecule has 0 bridgehead atoms. The lowest BCUT2D eigenvalue weighted by Crippen LogP contribution is -2.00. The number of furan rings is 2.